The van der Waals surface area contributed by atoms with Gasteiger partial charge in [0.2, 0.25) is 5.91 Å². The number of aryl methyl sites for hydroxylation is 2. The number of nitrogens with zero attached hydrogens (tertiary/aromatic N) is 4. The Bertz CT molecular complexity index is 839. The van der Waals surface area contributed by atoms with E-state index < -0.39 is 0 Å². The molecule has 0 atom stereocenters. The van der Waals surface area contributed by atoms with E-state index in [1.807, 2.05) is 25.8 Å². The molecule has 2 heterocycles. The number of hydrogen-bond donors (Lipinski definition) is 1. The minimum atomic E-state index is -0.360. The smallest absolute Gasteiger partial charge is 0.253 e. The van der Waals surface area contributed by atoms with Crippen LogP contribution in [0.5, 0.6) is 0 Å². The van der Waals surface area contributed by atoms with Gasteiger partial charge in [-0.2, -0.15) is 5.10 Å². The number of carbonyl (C=O) groups is 2. The molecule has 1 aliphatic rings. The maximum atomic E-state index is 13.0. The van der Waals surface area contributed by atoms with E-state index in [4.69, 9.17) is 0 Å². The van der Waals surface area contributed by atoms with E-state index in [-0.39, 0.29) is 24.2 Å². The minimum Gasteiger partial charge on any atom is -0.336 e. The van der Waals surface area contributed by atoms with Crippen LogP contribution >= 0.6 is 0 Å². The fourth-order valence-corrected chi connectivity index (χ4v) is 3.22. The normalized spacial score (nSPS) is 15.0. The molecule has 0 unspecified atom stereocenters. The van der Waals surface area contributed by atoms with Crippen molar-refractivity contribution in [3.05, 3.63) is 47.0 Å². The number of piperazine rings is 1. The van der Waals surface area contributed by atoms with Gasteiger partial charge in [-0.05, 0) is 38.1 Å². The second-order valence-electron chi connectivity index (χ2n) is 6.79. The molecule has 0 radical (unpaired) electrons. The number of benzene rings is 1. The van der Waals surface area contributed by atoms with E-state index in [1.54, 1.807) is 9.58 Å². The molecule has 1 saturated heterocycles. The number of amides is 2. The van der Waals surface area contributed by atoms with Gasteiger partial charge in [-0.25, -0.2) is 4.39 Å². The molecule has 1 N–H and O–H groups in total. The number of nitrogens with one attached hydrogen (secondary N) is 1. The predicted octanol–water partition coefficient (Wildman–Crippen LogP) is 1.57. The summed E-state index contributed by atoms with van der Waals surface area (Å²) < 4.78 is 14.7. The highest BCUT2D eigenvalue weighted by molar-refractivity contribution is 5.94. The Morgan fingerprint density at radius 3 is 2.30 bits per heavy atom. The van der Waals surface area contributed by atoms with Gasteiger partial charge >= 0.3 is 0 Å². The number of rotatable bonds is 4. The zero-order valence-corrected chi connectivity index (χ0v) is 15.8. The van der Waals surface area contributed by atoms with Crippen LogP contribution in [0.15, 0.2) is 24.3 Å². The summed E-state index contributed by atoms with van der Waals surface area (Å²) in [4.78, 5) is 28.6. The Balaban J connectivity index is 1.51. The molecule has 7 nitrogen and oxygen atoms in total. The van der Waals surface area contributed by atoms with E-state index in [0.29, 0.717) is 31.7 Å². The molecule has 8 heteroatoms. The van der Waals surface area contributed by atoms with E-state index in [9.17, 15) is 14.0 Å². The molecule has 0 spiro atoms. The van der Waals surface area contributed by atoms with Crippen LogP contribution in [-0.2, 0) is 11.8 Å². The first-order valence-corrected chi connectivity index (χ1v) is 8.92. The van der Waals surface area contributed by atoms with Crippen LogP contribution in [-0.4, -0.2) is 64.1 Å². The van der Waals surface area contributed by atoms with Crippen molar-refractivity contribution in [2.24, 2.45) is 7.05 Å². The van der Waals surface area contributed by atoms with Crippen molar-refractivity contribution in [1.29, 1.82) is 0 Å². The van der Waals surface area contributed by atoms with Crippen molar-refractivity contribution in [2.45, 2.75) is 13.8 Å². The van der Waals surface area contributed by atoms with Crippen molar-refractivity contribution in [3.63, 3.8) is 0 Å². The molecular formula is C19H24FN5O2. The van der Waals surface area contributed by atoms with Crippen molar-refractivity contribution < 1.29 is 14.0 Å². The Hall–Kier alpha value is -2.74. The van der Waals surface area contributed by atoms with E-state index in [1.165, 1.54) is 24.3 Å². The highest BCUT2D eigenvalue weighted by atomic mass is 19.1. The van der Waals surface area contributed by atoms with E-state index in [0.717, 1.165) is 17.1 Å². The number of anilines is 1. The van der Waals surface area contributed by atoms with Gasteiger partial charge in [0.1, 0.15) is 5.82 Å². The van der Waals surface area contributed by atoms with Crippen LogP contribution in [0.2, 0.25) is 0 Å². The molecule has 27 heavy (non-hydrogen) atoms. The molecule has 0 bridgehead atoms. The third kappa shape index (κ3) is 4.33. The Labute approximate surface area is 157 Å². The largest absolute Gasteiger partial charge is 0.336 e. The molecule has 1 aromatic carbocycles. The van der Waals surface area contributed by atoms with E-state index >= 15 is 0 Å². The van der Waals surface area contributed by atoms with Crippen molar-refractivity contribution in [2.75, 3.05) is 38.0 Å². The zero-order valence-electron chi connectivity index (χ0n) is 15.8. The average molecular weight is 373 g/mol. The van der Waals surface area contributed by atoms with Gasteiger partial charge in [0.05, 0.1) is 23.6 Å². The van der Waals surface area contributed by atoms with Crippen molar-refractivity contribution in [3.8, 4) is 0 Å². The minimum absolute atomic E-state index is 0.0903. The monoisotopic (exact) mass is 373 g/mol. The van der Waals surface area contributed by atoms with Gasteiger partial charge in [0, 0.05) is 38.8 Å². The number of aromatic nitrogens is 2. The zero-order chi connectivity index (χ0) is 19.6. The maximum absolute atomic E-state index is 13.0. The summed E-state index contributed by atoms with van der Waals surface area (Å²) >= 11 is 0. The SMILES string of the molecule is Cc1nn(C)c(C)c1NC(=O)CN1CCN(C(=O)c2ccc(F)cc2)CC1. The first kappa shape index (κ1) is 19.0. The van der Waals surface area contributed by atoms with Gasteiger partial charge in [-0.3, -0.25) is 19.2 Å². The first-order chi connectivity index (χ1) is 12.8. The summed E-state index contributed by atoms with van der Waals surface area (Å²) in [6.07, 6.45) is 0. The fourth-order valence-electron chi connectivity index (χ4n) is 3.22. The second kappa shape index (κ2) is 7.87. The molecule has 144 valence electrons. The fraction of sp³-hybridized carbons (Fsp3) is 0.421. The highest BCUT2D eigenvalue weighted by Crippen LogP contribution is 2.18. The second-order valence-corrected chi connectivity index (χ2v) is 6.79. The van der Waals surface area contributed by atoms with Gasteiger partial charge < -0.3 is 10.2 Å². The molecule has 1 aromatic heterocycles. The number of hydrogen-bond acceptors (Lipinski definition) is 4. The Kier molecular flexibility index (Phi) is 5.55. The van der Waals surface area contributed by atoms with Gasteiger partial charge in [0.25, 0.3) is 5.91 Å². The van der Waals surface area contributed by atoms with Crippen molar-refractivity contribution >= 4 is 17.5 Å². The number of carbonyl (C=O) groups excluding carboxylic acids is 2. The third-order valence-corrected chi connectivity index (χ3v) is 4.89. The molecule has 2 aromatic rings. The quantitative estimate of drug-likeness (QED) is 0.883. The Morgan fingerprint density at radius 1 is 1.11 bits per heavy atom. The lowest BCUT2D eigenvalue weighted by molar-refractivity contribution is -0.117. The summed E-state index contributed by atoms with van der Waals surface area (Å²) in [7, 11) is 1.84. The molecule has 1 aliphatic heterocycles. The summed E-state index contributed by atoms with van der Waals surface area (Å²) in [5.41, 5.74) is 2.94. The average Bonchev–Trinajstić information content (AvgIpc) is 2.88. The predicted molar refractivity (Wildman–Crippen MR) is 100 cm³/mol. The lowest BCUT2D eigenvalue weighted by Crippen LogP contribution is -2.50. The maximum Gasteiger partial charge on any atom is 0.253 e. The molecule has 1 fully saturated rings. The van der Waals surface area contributed by atoms with Crippen molar-refractivity contribution in [1.82, 2.24) is 19.6 Å². The highest BCUT2D eigenvalue weighted by Gasteiger charge is 2.24. The van der Waals surface area contributed by atoms with Crippen LogP contribution < -0.4 is 5.32 Å². The van der Waals surface area contributed by atoms with Gasteiger partial charge in [0.15, 0.2) is 0 Å². The molecule has 0 aliphatic carbocycles. The first-order valence-electron chi connectivity index (χ1n) is 8.92. The van der Waals surface area contributed by atoms with Crippen LogP contribution in [0, 0.1) is 19.7 Å². The van der Waals surface area contributed by atoms with E-state index in [2.05, 4.69) is 10.4 Å². The lowest BCUT2D eigenvalue weighted by Gasteiger charge is -2.34. The summed E-state index contributed by atoms with van der Waals surface area (Å²) in [6, 6.07) is 5.57. The van der Waals surface area contributed by atoms with Crippen LogP contribution in [0.3, 0.4) is 0 Å². The lowest BCUT2D eigenvalue weighted by atomic mass is 10.2. The Morgan fingerprint density at radius 2 is 1.74 bits per heavy atom. The molecule has 2 amide bonds. The summed E-state index contributed by atoms with van der Waals surface area (Å²) in [6.45, 7) is 6.35. The summed E-state index contributed by atoms with van der Waals surface area (Å²) in [5, 5.41) is 7.23. The van der Waals surface area contributed by atoms with Crippen LogP contribution in [0.4, 0.5) is 10.1 Å². The number of halogens is 1. The topological polar surface area (TPSA) is 70.5 Å². The molecule has 0 saturated carbocycles. The van der Waals surface area contributed by atoms with Crippen LogP contribution in [0.25, 0.3) is 0 Å². The molecule has 3 rings (SSSR count). The van der Waals surface area contributed by atoms with Crippen LogP contribution in [0.1, 0.15) is 21.7 Å². The van der Waals surface area contributed by atoms with Gasteiger partial charge in [-0.15, -0.1) is 0 Å². The third-order valence-electron chi connectivity index (χ3n) is 4.89. The standard InChI is InChI=1S/C19H24FN5O2/c1-13-18(14(2)23(3)22-13)21-17(26)12-24-8-10-25(11-9-24)19(27)15-4-6-16(20)7-5-15/h4-7H,8-12H2,1-3H3,(H,21,26). The molecular weight excluding hydrogens is 349 g/mol. The summed E-state index contributed by atoms with van der Waals surface area (Å²) in [5.74, 6) is -0.560. The van der Waals surface area contributed by atoms with Gasteiger partial charge in [-0.1, -0.05) is 0 Å².